The molecule has 1 fully saturated rings. The van der Waals surface area contributed by atoms with E-state index < -0.39 is 0 Å². The molecule has 0 spiro atoms. The number of hydrogen-bond donors (Lipinski definition) is 0. The van der Waals surface area contributed by atoms with E-state index in [0.717, 1.165) is 12.8 Å². The molecule has 0 unspecified atom stereocenters. The number of likely N-dealkylation sites (tertiary alicyclic amines) is 1. The van der Waals surface area contributed by atoms with Gasteiger partial charge in [-0.15, -0.1) is 0 Å². The van der Waals surface area contributed by atoms with Crippen LogP contribution < -0.4 is 5.69 Å². The predicted molar refractivity (Wildman–Crippen MR) is 115 cm³/mol. The van der Waals surface area contributed by atoms with Crippen LogP contribution in [0, 0.1) is 12.7 Å². The lowest BCUT2D eigenvalue weighted by Crippen LogP contribution is -2.43. The predicted octanol–water partition coefficient (Wildman–Crippen LogP) is 3.16. The number of piperidine rings is 1. The number of aryl methyl sites for hydroxylation is 1. The molecule has 8 nitrogen and oxygen atoms in total. The Morgan fingerprint density at radius 1 is 1.25 bits per heavy atom. The van der Waals surface area contributed by atoms with Crippen molar-refractivity contribution in [2.75, 3.05) is 13.1 Å². The highest BCUT2D eigenvalue weighted by Gasteiger charge is 2.31. The fourth-order valence-electron chi connectivity index (χ4n) is 4.41. The van der Waals surface area contributed by atoms with E-state index in [4.69, 9.17) is 4.42 Å². The van der Waals surface area contributed by atoms with E-state index in [0.29, 0.717) is 35.5 Å². The van der Waals surface area contributed by atoms with Gasteiger partial charge in [0.05, 0.1) is 23.8 Å². The van der Waals surface area contributed by atoms with Crippen molar-refractivity contribution >= 4 is 17.1 Å². The van der Waals surface area contributed by atoms with Crippen molar-refractivity contribution in [1.82, 2.24) is 24.0 Å². The number of carbonyl (C=O) groups is 1. The lowest BCUT2D eigenvalue weighted by atomic mass is 10.0. The van der Waals surface area contributed by atoms with E-state index in [1.165, 1.54) is 18.5 Å². The van der Waals surface area contributed by atoms with Crippen molar-refractivity contribution in [2.24, 2.45) is 0 Å². The van der Waals surface area contributed by atoms with Crippen molar-refractivity contribution < 1.29 is 13.6 Å². The van der Waals surface area contributed by atoms with Gasteiger partial charge in [0.1, 0.15) is 5.82 Å². The van der Waals surface area contributed by atoms with Crippen molar-refractivity contribution in [2.45, 2.75) is 32.4 Å². The Labute approximate surface area is 182 Å². The minimum absolute atomic E-state index is 0.224. The molecule has 0 bridgehead atoms. The maximum absolute atomic E-state index is 13.7. The van der Waals surface area contributed by atoms with E-state index in [2.05, 4.69) is 9.97 Å². The van der Waals surface area contributed by atoms with Crippen LogP contribution in [0.3, 0.4) is 0 Å². The third-order valence-electron chi connectivity index (χ3n) is 5.94. The van der Waals surface area contributed by atoms with Gasteiger partial charge < -0.3 is 9.32 Å². The third-order valence-corrected chi connectivity index (χ3v) is 5.94. The average molecular weight is 435 g/mol. The summed E-state index contributed by atoms with van der Waals surface area (Å²) in [6.45, 7) is 2.92. The van der Waals surface area contributed by atoms with Gasteiger partial charge in [-0.25, -0.2) is 19.2 Å². The SMILES string of the molecule is Cc1ncoc1C(=O)N1CCC[C@H](n2c(=O)n(Cc3cccc(F)c3)c3cccnc32)C1. The van der Waals surface area contributed by atoms with Crippen LogP contribution in [0.4, 0.5) is 4.39 Å². The molecule has 5 rings (SSSR count). The number of carbonyl (C=O) groups excluding carboxylic acids is 1. The van der Waals surface area contributed by atoms with Gasteiger partial charge in [-0.2, -0.15) is 0 Å². The van der Waals surface area contributed by atoms with Gasteiger partial charge in [0, 0.05) is 19.3 Å². The zero-order chi connectivity index (χ0) is 22.2. The number of imidazole rings is 1. The van der Waals surface area contributed by atoms with Crippen molar-refractivity contribution in [3.63, 3.8) is 0 Å². The summed E-state index contributed by atoms with van der Waals surface area (Å²) >= 11 is 0. The second-order valence-electron chi connectivity index (χ2n) is 8.03. The maximum atomic E-state index is 13.7. The van der Waals surface area contributed by atoms with Crippen LogP contribution >= 0.6 is 0 Å². The Kier molecular flexibility index (Phi) is 5.08. The fourth-order valence-corrected chi connectivity index (χ4v) is 4.41. The van der Waals surface area contributed by atoms with Gasteiger partial charge in [-0.1, -0.05) is 12.1 Å². The molecule has 0 radical (unpaired) electrons. The lowest BCUT2D eigenvalue weighted by Gasteiger charge is -2.32. The van der Waals surface area contributed by atoms with Gasteiger partial charge in [-0.05, 0) is 49.6 Å². The van der Waals surface area contributed by atoms with Gasteiger partial charge in [0.25, 0.3) is 5.91 Å². The van der Waals surface area contributed by atoms with Crippen LogP contribution in [0.15, 0.2) is 58.2 Å². The lowest BCUT2D eigenvalue weighted by molar-refractivity contribution is 0.0646. The first kappa shape index (κ1) is 20.2. The monoisotopic (exact) mass is 435 g/mol. The largest absolute Gasteiger partial charge is 0.438 e. The topological polar surface area (TPSA) is 86.2 Å². The number of halogens is 1. The molecule has 1 atom stereocenters. The smallest absolute Gasteiger partial charge is 0.330 e. The van der Waals surface area contributed by atoms with E-state index in [1.807, 2.05) is 6.07 Å². The highest BCUT2D eigenvalue weighted by molar-refractivity contribution is 5.92. The molecule has 4 aromatic rings. The van der Waals surface area contributed by atoms with Crippen LogP contribution in [-0.4, -0.2) is 43.0 Å². The molecule has 9 heteroatoms. The standard InChI is InChI=1S/C23H22FN5O3/c1-15-20(32-14-26-15)22(30)27-10-4-7-18(13-27)29-21-19(8-3-9-25-21)28(23(29)31)12-16-5-2-6-17(24)11-16/h2-3,5-6,8-9,11,14,18H,4,7,10,12-13H2,1H3/t18-/m0/s1. The molecule has 4 heterocycles. The zero-order valence-corrected chi connectivity index (χ0v) is 17.6. The molecular formula is C23H22FN5O3. The van der Waals surface area contributed by atoms with Crippen LogP contribution in [0.1, 0.15) is 40.7 Å². The van der Waals surface area contributed by atoms with E-state index in [9.17, 15) is 14.0 Å². The molecule has 32 heavy (non-hydrogen) atoms. The Hall–Kier alpha value is -3.75. The van der Waals surface area contributed by atoms with Crippen molar-refractivity contribution in [1.29, 1.82) is 0 Å². The quantitative estimate of drug-likeness (QED) is 0.492. The first-order valence-electron chi connectivity index (χ1n) is 10.5. The van der Waals surface area contributed by atoms with Gasteiger partial charge in [0.2, 0.25) is 5.76 Å². The fraction of sp³-hybridized carbons (Fsp3) is 0.304. The Balaban J connectivity index is 1.51. The second kappa shape index (κ2) is 8.07. The molecule has 1 amide bonds. The summed E-state index contributed by atoms with van der Waals surface area (Å²) in [4.78, 5) is 36.6. The molecule has 164 valence electrons. The van der Waals surface area contributed by atoms with E-state index in [1.54, 1.807) is 45.4 Å². The Morgan fingerprint density at radius 2 is 2.12 bits per heavy atom. The average Bonchev–Trinajstić information content (AvgIpc) is 3.34. The van der Waals surface area contributed by atoms with Gasteiger partial charge >= 0.3 is 5.69 Å². The molecule has 1 aromatic carbocycles. The van der Waals surface area contributed by atoms with Gasteiger partial charge in [-0.3, -0.25) is 13.9 Å². The molecule has 3 aromatic heterocycles. The number of rotatable bonds is 4. The van der Waals surface area contributed by atoms with E-state index in [-0.39, 0.29) is 35.8 Å². The Bertz CT molecular complexity index is 1360. The minimum Gasteiger partial charge on any atom is -0.438 e. The Morgan fingerprint density at radius 3 is 2.91 bits per heavy atom. The molecule has 1 saturated heterocycles. The number of benzene rings is 1. The summed E-state index contributed by atoms with van der Waals surface area (Å²) in [6, 6.07) is 9.60. The number of oxazole rings is 1. The highest BCUT2D eigenvalue weighted by atomic mass is 19.1. The number of nitrogens with zero attached hydrogens (tertiary/aromatic N) is 5. The molecule has 0 aliphatic carbocycles. The number of hydrogen-bond acceptors (Lipinski definition) is 5. The maximum Gasteiger partial charge on any atom is 0.330 e. The summed E-state index contributed by atoms with van der Waals surface area (Å²) in [7, 11) is 0. The van der Waals surface area contributed by atoms with Crippen LogP contribution in [-0.2, 0) is 6.54 Å². The summed E-state index contributed by atoms with van der Waals surface area (Å²) < 4.78 is 22.2. The van der Waals surface area contributed by atoms with Crippen LogP contribution in [0.2, 0.25) is 0 Å². The molecule has 1 aliphatic heterocycles. The number of fused-ring (bicyclic) bond motifs is 1. The summed E-state index contributed by atoms with van der Waals surface area (Å²) in [6.07, 6.45) is 4.40. The minimum atomic E-state index is -0.346. The number of pyridine rings is 1. The first-order valence-corrected chi connectivity index (χ1v) is 10.5. The van der Waals surface area contributed by atoms with Crippen molar-refractivity contribution in [3.05, 3.63) is 82.3 Å². The second-order valence-corrected chi connectivity index (χ2v) is 8.03. The normalized spacial score (nSPS) is 16.6. The number of aromatic nitrogens is 4. The summed E-state index contributed by atoms with van der Waals surface area (Å²) in [5.74, 6) is -0.347. The third kappa shape index (κ3) is 3.49. The van der Waals surface area contributed by atoms with Crippen LogP contribution in [0.25, 0.3) is 11.2 Å². The molecular weight excluding hydrogens is 413 g/mol. The molecule has 0 saturated carbocycles. The van der Waals surface area contributed by atoms with E-state index >= 15 is 0 Å². The summed E-state index contributed by atoms with van der Waals surface area (Å²) in [5, 5.41) is 0. The summed E-state index contributed by atoms with van der Waals surface area (Å²) in [5.41, 5.74) is 2.25. The first-order chi connectivity index (χ1) is 15.5. The highest BCUT2D eigenvalue weighted by Crippen LogP contribution is 2.26. The molecule has 1 aliphatic rings. The zero-order valence-electron chi connectivity index (χ0n) is 17.6. The van der Waals surface area contributed by atoms with Crippen LogP contribution in [0.5, 0.6) is 0 Å². The molecule has 0 N–H and O–H groups in total. The van der Waals surface area contributed by atoms with Gasteiger partial charge in [0.15, 0.2) is 12.0 Å². The number of amides is 1. The van der Waals surface area contributed by atoms with Crippen molar-refractivity contribution in [3.8, 4) is 0 Å².